The molecule has 0 bridgehead atoms. The third-order valence-electron chi connectivity index (χ3n) is 3.44. The molecule has 1 aromatic rings. The van der Waals surface area contributed by atoms with Gasteiger partial charge in [0.25, 0.3) is 0 Å². The Balaban J connectivity index is 2.02. The Labute approximate surface area is 118 Å². The molecule has 5 heteroatoms. The van der Waals surface area contributed by atoms with Crippen LogP contribution in [0, 0.1) is 12.8 Å². The van der Waals surface area contributed by atoms with Crippen molar-refractivity contribution in [3.63, 3.8) is 0 Å². The molecule has 1 fully saturated rings. The molecule has 0 spiro atoms. The summed E-state index contributed by atoms with van der Waals surface area (Å²) in [4.78, 5) is 6.57. The number of halogens is 2. The van der Waals surface area contributed by atoms with Crippen LogP contribution in [0.15, 0.2) is 6.07 Å². The van der Waals surface area contributed by atoms with Gasteiger partial charge in [0.2, 0.25) is 0 Å². The summed E-state index contributed by atoms with van der Waals surface area (Å²) in [6.07, 6.45) is 2.01. The average Bonchev–Trinajstić information content (AvgIpc) is 2.72. The van der Waals surface area contributed by atoms with Crippen LogP contribution in [0.4, 0.5) is 0 Å². The second-order valence-corrected chi connectivity index (χ2v) is 5.68. The molecule has 2 heterocycles. The van der Waals surface area contributed by atoms with Crippen molar-refractivity contribution in [2.24, 2.45) is 5.92 Å². The highest BCUT2D eigenvalue weighted by Gasteiger charge is 2.23. The minimum Gasteiger partial charge on any atom is -0.396 e. The summed E-state index contributed by atoms with van der Waals surface area (Å²) in [7, 11) is 0. The molecule has 1 aliphatic rings. The summed E-state index contributed by atoms with van der Waals surface area (Å²) in [5.74, 6) is 0.589. The molecular formula is C13H18Cl2N2O. The highest BCUT2D eigenvalue weighted by Crippen LogP contribution is 2.28. The van der Waals surface area contributed by atoms with Gasteiger partial charge in [-0.2, -0.15) is 0 Å². The monoisotopic (exact) mass is 288 g/mol. The zero-order valence-electron chi connectivity index (χ0n) is 10.5. The normalized spacial score (nSPS) is 20.6. The zero-order valence-corrected chi connectivity index (χ0v) is 12.0. The topological polar surface area (TPSA) is 36.4 Å². The predicted octanol–water partition coefficient (Wildman–Crippen LogP) is 2.90. The van der Waals surface area contributed by atoms with Gasteiger partial charge in [-0.05, 0) is 38.3 Å². The second kappa shape index (κ2) is 6.20. The Hall–Kier alpha value is -0.350. The maximum atomic E-state index is 8.95. The van der Waals surface area contributed by atoms with Gasteiger partial charge in [-0.3, -0.25) is 4.90 Å². The fraction of sp³-hybridized carbons (Fsp3) is 0.615. The van der Waals surface area contributed by atoms with E-state index in [-0.39, 0.29) is 6.61 Å². The minimum absolute atomic E-state index is 0.270. The third-order valence-corrected chi connectivity index (χ3v) is 4.09. The molecule has 1 unspecified atom stereocenters. The van der Waals surface area contributed by atoms with Crippen LogP contribution in [0.2, 0.25) is 10.2 Å². The van der Waals surface area contributed by atoms with Gasteiger partial charge in [0.15, 0.2) is 0 Å². The number of aliphatic hydroxyl groups excluding tert-OH is 1. The fourth-order valence-electron chi connectivity index (χ4n) is 2.46. The van der Waals surface area contributed by atoms with Crippen LogP contribution in [-0.4, -0.2) is 34.7 Å². The first-order valence-corrected chi connectivity index (χ1v) is 7.00. The highest BCUT2D eigenvalue weighted by molar-refractivity contribution is 6.35. The molecule has 0 saturated carbocycles. The van der Waals surface area contributed by atoms with Crippen molar-refractivity contribution in [3.05, 3.63) is 27.5 Å². The molecule has 1 aromatic heterocycles. The lowest BCUT2D eigenvalue weighted by Gasteiger charge is -2.17. The maximum Gasteiger partial charge on any atom is 0.135 e. The van der Waals surface area contributed by atoms with Gasteiger partial charge in [-0.1, -0.05) is 23.2 Å². The van der Waals surface area contributed by atoms with E-state index in [1.54, 1.807) is 0 Å². The quantitative estimate of drug-likeness (QED) is 0.866. The van der Waals surface area contributed by atoms with E-state index in [1.807, 2.05) is 13.0 Å². The van der Waals surface area contributed by atoms with Crippen LogP contribution in [0.3, 0.4) is 0 Å². The number of aliphatic hydroxyl groups is 1. The van der Waals surface area contributed by atoms with E-state index in [4.69, 9.17) is 28.3 Å². The molecule has 1 aliphatic heterocycles. The van der Waals surface area contributed by atoms with Crippen molar-refractivity contribution in [2.45, 2.75) is 26.3 Å². The average molecular weight is 289 g/mol. The number of aryl methyl sites for hydroxylation is 1. The molecule has 1 saturated heterocycles. The summed E-state index contributed by atoms with van der Waals surface area (Å²) in [5, 5.41) is 10.1. The van der Waals surface area contributed by atoms with Crippen molar-refractivity contribution in [3.8, 4) is 0 Å². The Morgan fingerprint density at radius 3 is 2.94 bits per heavy atom. The zero-order chi connectivity index (χ0) is 13.1. The molecule has 0 radical (unpaired) electrons. The third kappa shape index (κ3) is 3.35. The standard InChI is InChI=1S/C13H18Cl2N2O/c1-9-6-12(14)11(13(15)16-9)8-17-4-2-10(7-17)3-5-18/h6,10,18H,2-5,7-8H2,1H3. The number of likely N-dealkylation sites (tertiary alicyclic amines) is 1. The lowest BCUT2D eigenvalue weighted by atomic mass is 10.1. The van der Waals surface area contributed by atoms with E-state index in [1.165, 1.54) is 0 Å². The predicted molar refractivity (Wildman–Crippen MR) is 74.1 cm³/mol. The molecule has 0 aliphatic carbocycles. The number of hydrogen-bond donors (Lipinski definition) is 1. The lowest BCUT2D eigenvalue weighted by molar-refractivity contribution is 0.249. The van der Waals surface area contributed by atoms with Crippen LogP contribution in [-0.2, 0) is 6.54 Å². The van der Waals surface area contributed by atoms with E-state index in [2.05, 4.69) is 9.88 Å². The van der Waals surface area contributed by atoms with Crippen LogP contribution >= 0.6 is 23.2 Å². The van der Waals surface area contributed by atoms with Gasteiger partial charge in [0.05, 0.1) is 0 Å². The Bertz CT molecular complexity index is 402. The van der Waals surface area contributed by atoms with Gasteiger partial charge in [-0.25, -0.2) is 4.98 Å². The number of hydrogen-bond acceptors (Lipinski definition) is 3. The van der Waals surface area contributed by atoms with Crippen molar-refractivity contribution in [1.29, 1.82) is 0 Å². The first-order valence-electron chi connectivity index (χ1n) is 6.25. The molecule has 1 atom stereocenters. The molecule has 2 rings (SSSR count). The van der Waals surface area contributed by atoms with Crippen molar-refractivity contribution < 1.29 is 5.11 Å². The smallest absolute Gasteiger partial charge is 0.135 e. The summed E-state index contributed by atoms with van der Waals surface area (Å²) >= 11 is 12.4. The largest absolute Gasteiger partial charge is 0.396 e. The van der Waals surface area contributed by atoms with Crippen molar-refractivity contribution in [2.75, 3.05) is 19.7 Å². The van der Waals surface area contributed by atoms with Crippen molar-refractivity contribution in [1.82, 2.24) is 9.88 Å². The highest BCUT2D eigenvalue weighted by atomic mass is 35.5. The van der Waals surface area contributed by atoms with E-state index in [0.717, 1.165) is 43.7 Å². The van der Waals surface area contributed by atoms with E-state index < -0.39 is 0 Å². The van der Waals surface area contributed by atoms with Crippen molar-refractivity contribution >= 4 is 23.2 Å². The summed E-state index contributed by atoms with van der Waals surface area (Å²) in [5.41, 5.74) is 1.75. The maximum absolute atomic E-state index is 8.95. The first-order chi connectivity index (χ1) is 8.60. The van der Waals surface area contributed by atoms with Crippen LogP contribution < -0.4 is 0 Å². The number of pyridine rings is 1. The molecule has 0 amide bonds. The van der Waals surface area contributed by atoms with Gasteiger partial charge >= 0.3 is 0 Å². The Morgan fingerprint density at radius 2 is 2.28 bits per heavy atom. The van der Waals surface area contributed by atoms with Gasteiger partial charge in [-0.15, -0.1) is 0 Å². The SMILES string of the molecule is Cc1cc(Cl)c(CN2CCC(CCO)C2)c(Cl)n1. The Kier molecular flexibility index (Phi) is 4.84. The van der Waals surface area contributed by atoms with Gasteiger partial charge in [0.1, 0.15) is 5.15 Å². The molecule has 1 N–H and O–H groups in total. The molecule has 0 aromatic carbocycles. The van der Waals surface area contributed by atoms with Crippen LogP contribution in [0.1, 0.15) is 24.1 Å². The molecule has 3 nitrogen and oxygen atoms in total. The van der Waals surface area contributed by atoms with E-state index >= 15 is 0 Å². The van der Waals surface area contributed by atoms with Gasteiger partial charge < -0.3 is 5.11 Å². The van der Waals surface area contributed by atoms with Gasteiger partial charge in [0, 0.05) is 36.0 Å². The number of rotatable bonds is 4. The number of nitrogens with zero attached hydrogens (tertiary/aromatic N) is 2. The van der Waals surface area contributed by atoms with Crippen LogP contribution in [0.5, 0.6) is 0 Å². The molecule has 100 valence electrons. The Morgan fingerprint density at radius 1 is 1.50 bits per heavy atom. The van der Waals surface area contributed by atoms with E-state index in [9.17, 15) is 0 Å². The second-order valence-electron chi connectivity index (χ2n) is 4.92. The van der Waals surface area contributed by atoms with E-state index in [0.29, 0.717) is 16.1 Å². The first kappa shape index (κ1) is 14.1. The summed E-state index contributed by atoms with van der Waals surface area (Å²) < 4.78 is 0. The molecular weight excluding hydrogens is 271 g/mol. The molecule has 18 heavy (non-hydrogen) atoms. The summed E-state index contributed by atoms with van der Waals surface area (Å²) in [6, 6.07) is 1.85. The summed E-state index contributed by atoms with van der Waals surface area (Å²) in [6.45, 7) is 4.93. The lowest BCUT2D eigenvalue weighted by Crippen LogP contribution is -2.21. The fourth-order valence-corrected chi connectivity index (χ4v) is 3.11. The minimum atomic E-state index is 0.270. The number of aromatic nitrogens is 1. The van der Waals surface area contributed by atoms with Crippen LogP contribution in [0.25, 0.3) is 0 Å².